The first-order valence-electron chi connectivity index (χ1n) is 8.39. The van der Waals surface area contributed by atoms with Crippen LogP contribution in [0, 0.1) is 0 Å². The number of amides is 2. The molecule has 0 bridgehead atoms. The molecule has 1 aliphatic heterocycles. The topological polar surface area (TPSA) is 122 Å². The largest absolute Gasteiger partial charge is 0.478 e. The molecule has 8 nitrogen and oxygen atoms in total. The summed E-state index contributed by atoms with van der Waals surface area (Å²) in [6, 6.07) is 5.60. The molecule has 1 saturated heterocycles. The van der Waals surface area contributed by atoms with Gasteiger partial charge in [0, 0.05) is 6.92 Å². The first-order valence-corrected chi connectivity index (χ1v) is 8.39. The zero-order valence-electron chi connectivity index (χ0n) is 14.7. The number of hydrogen-bond acceptors (Lipinski definition) is 5. The van der Waals surface area contributed by atoms with Crippen LogP contribution in [0.5, 0.6) is 5.75 Å². The quantitative estimate of drug-likeness (QED) is 0.538. The Labute approximate surface area is 150 Å². The van der Waals surface area contributed by atoms with Crippen LogP contribution in [-0.2, 0) is 14.4 Å². The molecule has 0 unspecified atom stereocenters. The molecule has 2 fully saturated rings. The minimum absolute atomic E-state index is 0.00269. The van der Waals surface area contributed by atoms with Crippen molar-refractivity contribution in [1.82, 2.24) is 10.6 Å². The monoisotopic (exact) mass is 362 g/mol. The summed E-state index contributed by atoms with van der Waals surface area (Å²) in [5.41, 5.74) is -0.582. The third-order valence-electron chi connectivity index (χ3n) is 4.37. The van der Waals surface area contributed by atoms with Crippen molar-refractivity contribution in [3.05, 3.63) is 29.8 Å². The van der Waals surface area contributed by atoms with Crippen molar-refractivity contribution in [1.29, 1.82) is 0 Å². The molecule has 2 aliphatic rings. The summed E-state index contributed by atoms with van der Waals surface area (Å²) in [6.07, 6.45) is 3.64. The number of benzene rings is 1. The highest BCUT2D eigenvalue weighted by atomic mass is 16.5. The molecule has 1 aromatic carbocycles. The van der Waals surface area contributed by atoms with E-state index < -0.39 is 17.5 Å². The molecule has 0 aromatic heterocycles. The zero-order valence-corrected chi connectivity index (χ0v) is 14.7. The van der Waals surface area contributed by atoms with Crippen LogP contribution >= 0.6 is 0 Å². The summed E-state index contributed by atoms with van der Waals surface area (Å²) in [7, 11) is 0. The zero-order chi connectivity index (χ0) is 19.3. The van der Waals surface area contributed by atoms with Gasteiger partial charge in [0.1, 0.15) is 22.9 Å². The lowest BCUT2D eigenvalue weighted by molar-refractivity contribution is -0.141. The number of carboxylic acids is 1. The predicted molar refractivity (Wildman–Crippen MR) is 91.7 cm³/mol. The van der Waals surface area contributed by atoms with Crippen molar-refractivity contribution in [3.63, 3.8) is 0 Å². The maximum absolute atomic E-state index is 11.6. The van der Waals surface area contributed by atoms with Crippen LogP contribution in [-0.4, -0.2) is 40.4 Å². The lowest BCUT2D eigenvalue weighted by atomic mass is 9.93. The summed E-state index contributed by atoms with van der Waals surface area (Å²) >= 11 is 0. The molecule has 8 heteroatoms. The van der Waals surface area contributed by atoms with Crippen LogP contribution < -0.4 is 15.4 Å². The van der Waals surface area contributed by atoms with E-state index in [9.17, 15) is 19.2 Å². The molecule has 2 amide bonds. The minimum atomic E-state index is -1.11. The molecule has 1 heterocycles. The third kappa shape index (κ3) is 4.38. The lowest BCUT2D eigenvalue weighted by Gasteiger charge is -2.36. The van der Waals surface area contributed by atoms with E-state index in [1.165, 1.54) is 19.1 Å². The van der Waals surface area contributed by atoms with E-state index >= 15 is 0 Å². The van der Waals surface area contributed by atoms with Gasteiger partial charge in [-0.15, -0.1) is 0 Å². The standard InChI is InChI=1S/C9H14N2O2.C9H8O4/c1-6-7(12)11-9(8(13)10-6)4-2-3-5-9;1-6(10)13-8-5-3-2-4-7(8)9(11)12/h6H,2-5H2,1H3,(H,10,13)(H,11,12);2-5H,1H3,(H,11,12)/t6-;/m0./s1. The summed E-state index contributed by atoms with van der Waals surface area (Å²) < 4.78 is 4.69. The smallest absolute Gasteiger partial charge is 0.339 e. The first kappa shape index (κ1) is 19.4. The average Bonchev–Trinajstić information content (AvgIpc) is 3.03. The highest BCUT2D eigenvalue weighted by Gasteiger charge is 2.46. The number of piperazine rings is 1. The summed E-state index contributed by atoms with van der Waals surface area (Å²) in [4.78, 5) is 44.2. The number of para-hydroxylation sites is 1. The Morgan fingerprint density at radius 3 is 2.38 bits per heavy atom. The maximum atomic E-state index is 11.6. The average molecular weight is 362 g/mol. The molecule has 3 rings (SSSR count). The molecule has 1 aliphatic carbocycles. The summed E-state index contributed by atoms with van der Waals surface area (Å²) in [5, 5.41) is 14.2. The Balaban J connectivity index is 0.000000187. The van der Waals surface area contributed by atoms with E-state index in [-0.39, 0.29) is 29.2 Å². The molecule has 140 valence electrons. The molecule has 1 saturated carbocycles. The number of hydrogen-bond donors (Lipinski definition) is 3. The first-order chi connectivity index (χ1) is 12.2. The number of nitrogens with one attached hydrogen (secondary N) is 2. The Morgan fingerprint density at radius 2 is 1.81 bits per heavy atom. The van der Waals surface area contributed by atoms with Gasteiger partial charge in [-0.25, -0.2) is 4.79 Å². The summed E-state index contributed by atoms with van der Waals surface area (Å²) in [6.45, 7) is 2.92. The second-order valence-corrected chi connectivity index (χ2v) is 6.37. The number of carboxylic acid groups (broad SMARTS) is 1. The number of esters is 1. The highest BCUT2D eigenvalue weighted by molar-refractivity contribution is 5.99. The van der Waals surface area contributed by atoms with Crippen molar-refractivity contribution in [2.45, 2.75) is 51.1 Å². The van der Waals surface area contributed by atoms with Gasteiger partial charge >= 0.3 is 11.9 Å². The Morgan fingerprint density at radius 1 is 1.19 bits per heavy atom. The van der Waals surface area contributed by atoms with Crippen LogP contribution in [0.25, 0.3) is 0 Å². The number of aromatic carboxylic acids is 1. The van der Waals surface area contributed by atoms with Gasteiger partial charge in [-0.2, -0.15) is 0 Å². The molecule has 1 atom stereocenters. The number of rotatable bonds is 2. The number of ether oxygens (including phenoxy) is 1. The van der Waals surface area contributed by atoms with E-state index in [0.717, 1.165) is 25.7 Å². The van der Waals surface area contributed by atoms with Gasteiger partial charge in [0.25, 0.3) is 0 Å². The van der Waals surface area contributed by atoms with E-state index in [1.54, 1.807) is 19.1 Å². The molecular formula is C18H22N2O6. The Bertz CT molecular complexity index is 724. The van der Waals surface area contributed by atoms with Gasteiger partial charge in [-0.3, -0.25) is 14.4 Å². The van der Waals surface area contributed by atoms with E-state index in [1.807, 2.05) is 0 Å². The molecule has 1 aromatic rings. The van der Waals surface area contributed by atoms with Gasteiger partial charge < -0.3 is 20.5 Å². The van der Waals surface area contributed by atoms with Crippen molar-refractivity contribution in [2.24, 2.45) is 0 Å². The molecule has 0 radical (unpaired) electrons. The van der Waals surface area contributed by atoms with E-state index in [0.29, 0.717) is 0 Å². The molecule has 3 N–H and O–H groups in total. The van der Waals surface area contributed by atoms with Gasteiger partial charge in [-0.05, 0) is 31.9 Å². The van der Waals surface area contributed by atoms with Crippen molar-refractivity contribution in [2.75, 3.05) is 0 Å². The van der Waals surface area contributed by atoms with Crippen LogP contribution in [0.15, 0.2) is 24.3 Å². The minimum Gasteiger partial charge on any atom is -0.478 e. The third-order valence-corrected chi connectivity index (χ3v) is 4.37. The molecule has 26 heavy (non-hydrogen) atoms. The fourth-order valence-electron chi connectivity index (χ4n) is 3.02. The van der Waals surface area contributed by atoms with Gasteiger partial charge in [-0.1, -0.05) is 25.0 Å². The number of carbonyl (C=O) groups excluding carboxylic acids is 3. The predicted octanol–water partition coefficient (Wildman–Crippen LogP) is 1.24. The van der Waals surface area contributed by atoms with Crippen molar-refractivity contribution in [3.8, 4) is 5.75 Å². The van der Waals surface area contributed by atoms with Crippen LogP contribution in [0.2, 0.25) is 0 Å². The van der Waals surface area contributed by atoms with Gasteiger partial charge in [0.2, 0.25) is 11.8 Å². The normalized spacial score (nSPS) is 20.5. The fraction of sp³-hybridized carbons (Fsp3) is 0.444. The highest BCUT2D eigenvalue weighted by Crippen LogP contribution is 2.31. The van der Waals surface area contributed by atoms with Crippen LogP contribution in [0.1, 0.15) is 49.9 Å². The number of carbonyl (C=O) groups is 4. The van der Waals surface area contributed by atoms with Gasteiger partial charge in [0.05, 0.1) is 0 Å². The second kappa shape index (κ2) is 7.99. The summed E-state index contributed by atoms with van der Waals surface area (Å²) in [5.74, 6) is -1.63. The van der Waals surface area contributed by atoms with Crippen LogP contribution in [0.4, 0.5) is 0 Å². The Kier molecular flexibility index (Phi) is 5.97. The second-order valence-electron chi connectivity index (χ2n) is 6.37. The van der Waals surface area contributed by atoms with E-state index in [4.69, 9.17) is 5.11 Å². The fourth-order valence-corrected chi connectivity index (χ4v) is 3.02. The maximum Gasteiger partial charge on any atom is 0.339 e. The lowest BCUT2D eigenvalue weighted by Crippen LogP contribution is -2.67. The molecular weight excluding hydrogens is 340 g/mol. The van der Waals surface area contributed by atoms with Gasteiger partial charge in [0.15, 0.2) is 0 Å². The van der Waals surface area contributed by atoms with E-state index in [2.05, 4.69) is 15.4 Å². The van der Waals surface area contributed by atoms with Crippen molar-refractivity contribution < 1.29 is 29.0 Å². The SMILES string of the molecule is CC(=O)Oc1ccccc1C(=O)O.C[C@@H]1NC(=O)C2(CCCC2)NC1=O. The van der Waals surface area contributed by atoms with Crippen LogP contribution in [0.3, 0.4) is 0 Å². The molecule has 1 spiro atoms. The Hall–Kier alpha value is -2.90. The van der Waals surface area contributed by atoms with Crippen molar-refractivity contribution >= 4 is 23.8 Å².